The number of halogens is 2. The molecule has 0 radical (unpaired) electrons. The maximum Gasteiger partial charge on any atom is 0.277 e. The minimum Gasteiger partial charge on any atom is -0.362 e. The van der Waals surface area contributed by atoms with E-state index in [9.17, 15) is 23.2 Å². The van der Waals surface area contributed by atoms with Gasteiger partial charge in [-0.25, -0.2) is 13.5 Å². The zero-order valence-electron chi connectivity index (χ0n) is 20.1. The Kier molecular flexibility index (Phi) is 6.90. The van der Waals surface area contributed by atoms with Crippen molar-refractivity contribution in [1.82, 2.24) is 14.8 Å². The second-order valence-corrected chi connectivity index (χ2v) is 8.76. The predicted molar refractivity (Wildman–Crippen MR) is 140 cm³/mol. The lowest BCUT2D eigenvalue weighted by Gasteiger charge is -2.07. The van der Waals surface area contributed by atoms with Crippen LogP contribution in [0.15, 0.2) is 77.9 Å². The highest BCUT2D eigenvalue weighted by Gasteiger charge is 2.24. The molecule has 9 heteroatoms. The molecular formula is C29H22F2N4O3. The fourth-order valence-electron chi connectivity index (χ4n) is 4.20. The molecule has 0 bridgehead atoms. The number of aromatic amines is 1. The van der Waals surface area contributed by atoms with Gasteiger partial charge in [0.05, 0.1) is 17.7 Å². The molecule has 0 atom stereocenters. The maximum atomic E-state index is 13.5. The minimum absolute atomic E-state index is 0.0161. The van der Waals surface area contributed by atoms with Crippen LogP contribution in [0.4, 0.5) is 14.5 Å². The molecule has 1 amide bonds. The molecule has 2 N–H and O–H groups in total. The van der Waals surface area contributed by atoms with Crippen molar-refractivity contribution in [2.75, 3.05) is 5.32 Å². The number of Topliss-reactive ketones (excluding diaryl/α,β-unsaturated/α-hetero) is 1. The number of nitrogens with one attached hydrogen (secondary N) is 2. The average Bonchev–Trinajstić information content (AvgIpc) is 3.53. The molecule has 2 aromatic carbocycles. The van der Waals surface area contributed by atoms with E-state index in [2.05, 4.69) is 15.4 Å². The van der Waals surface area contributed by atoms with Crippen LogP contribution < -0.4 is 10.9 Å². The van der Waals surface area contributed by atoms with Crippen LogP contribution in [-0.2, 0) is 11.3 Å². The second kappa shape index (κ2) is 10.6. The third kappa shape index (κ3) is 5.27. The summed E-state index contributed by atoms with van der Waals surface area (Å²) in [6, 6.07) is 14.0. The number of allylic oxidation sites excluding steroid dienone is 1. The highest BCUT2D eigenvalue weighted by molar-refractivity contribution is 6.34. The molecule has 0 saturated heterocycles. The summed E-state index contributed by atoms with van der Waals surface area (Å²) in [6.07, 6.45) is 9.10. The van der Waals surface area contributed by atoms with Crippen molar-refractivity contribution < 1.29 is 18.4 Å². The minimum atomic E-state index is -1.02. The van der Waals surface area contributed by atoms with Crippen molar-refractivity contribution in [1.29, 1.82) is 0 Å². The Labute approximate surface area is 216 Å². The van der Waals surface area contributed by atoms with Gasteiger partial charge < -0.3 is 10.3 Å². The van der Waals surface area contributed by atoms with E-state index < -0.39 is 17.2 Å². The monoisotopic (exact) mass is 512 g/mol. The van der Waals surface area contributed by atoms with Gasteiger partial charge in [0.15, 0.2) is 17.4 Å². The van der Waals surface area contributed by atoms with Gasteiger partial charge in [-0.2, -0.15) is 5.10 Å². The molecule has 190 valence electrons. The fourth-order valence-corrected chi connectivity index (χ4v) is 4.20. The van der Waals surface area contributed by atoms with Crippen LogP contribution >= 0.6 is 0 Å². The largest absolute Gasteiger partial charge is 0.362 e. The summed E-state index contributed by atoms with van der Waals surface area (Å²) in [5.41, 5.74) is 3.54. The van der Waals surface area contributed by atoms with Gasteiger partial charge in [0.25, 0.3) is 11.5 Å². The summed E-state index contributed by atoms with van der Waals surface area (Å²) in [4.78, 5) is 40.9. The number of nitrogens with zero attached hydrogens (tertiary/aromatic N) is 2. The molecule has 3 heterocycles. The van der Waals surface area contributed by atoms with Crippen LogP contribution in [0.25, 0.3) is 17.7 Å². The molecule has 0 saturated carbocycles. The number of benzene rings is 2. The lowest BCUT2D eigenvalue weighted by atomic mass is 10.0. The highest BCUT2D eigenvalue weighted by atomic mass is 19.2. The molecule has 5 rings (SSSR count). The Bertz CT molecular complexity index is 1650. The van der Waals surface area contributed by atoms with E-state index in [4.69, 9.17) is 0 Å². The van der Waals surface area contributed by atoms with Crippen LogP contribution in [-0.4, -0.2) is 26.5 Å². The Morgan fingerprint density at radius 3 is 2.68 bits per heavy atom. The number of anilines is 1. The Morgan fingerprint density at radius 1 is 1.03 bits per heavy atom. The second-order valence-electron chi connectivity index (χ2n) is 8.76. The first kappa shape index (κ1) is 24.8. The smallest absolute Gasteiger partial charge is 0.277 e. The molecular weight excluding hydrogens is 490 g/mol. The van der Waals surface area contributed by atoms with Crippen molar-refractivity contribution >= 4 is 35.1 Å². The van der Waals surface area contributed by atoms with E-state index >= 15 is 0 Å². The number of hydrogen-bond acceptors (Lipinski definition) is 4. The van der Waals surface area contributed by atoms with Gasteiger partial charge in [0.2, 0.25) is 0 Å². The van der Waals surface area contributed by atoms with Gasteiger partial charge in [-0.15, -0.1) is 0 Å². The van der Waals surface area contributed by atoms with Gasteiger partial charge >= 0.3 is 0 Å². The van der Waals surface area contributed by atoms with Crippen molar-refractivity contribution in [2.45, 2.75) is 19.4 Å². The Morgan fingerprint density at radius 2 is 1.89 bits per heavy atom. The van der Waals surface area contributed by atoms with Crippen LogP contribution in [0.2, 0.25) is 0 Å². The summed E-state index contributed by atoms with van der Waals surface area (Å²) in [5, 5.41) is 6.82. The Balaban J connectivity index is 1.22. The first-order chi connectivity index (χ1) is 18.4. The number of H-pyrrole nitrogens is 1. The van der Waals surface area contributed by atoms with Gasteiger partial charge in [-0.1, -0.05) is 30.4 Å². The highest BCUT2D eigenvalue weighted by Crippen LogP contribution is 2.34. The third-order valence-corrected chi connectivity index (χ3v) is 6.13. The van der Waals surface area contributed by atoms with Gasteiger partial charge in [-0.05, 0) is 60.0 Å². The topological polar surface area (TPSA) is 96.8 Å². The van der Waals surface area contributed by atoms with E-state index in [0.717, 1.165) is 33.6 Å². The van der Waals surface area contributed by atoms with E-state index in [0.29, 0.717) is 23.2 Å². The van der Waals surface area contributed by atoms with Crippen molar-refractivity contribution in [3.8, 4) is 0 Å². The first-order valence-electron chi connectivity index (χ1n) is 11.9. The average molecular weight is 513 g/mol. The summed E-state index contributed by atoms with van der Waals surface area (Å²) in [5.74, 6) is -2.52. The number of rotatable bonds is 8. The zero-order valence-corrected chi connectivity index (χ0v) is 20.1. The maximum absolute atomic E-state index is 13.5. The van der Waals surface area contributed by atoms with Crippen LogP contribution in [0.5, 0.6) is 0 Å². The number of carbonyl (C=O) groups excluding carboxylic acids is 2. The standard InChI is InChI=1S/C29H22F2N4O3/c30-24-10-8-19(14-25(24)31)17-35-29(38)22(11-13-33-35)27(36)6-2-1-4-18-7-9-21-23(16-20-5-3-12-32-20)28(37)34-26(21)15-18/h1,3-5,7-16,32H,2,6,17H2,(H,34,37)/b4-1+,23-16-. The van der Waals surface area contributed by atoms with Gasteiger partial charge in [0, 0.05) is 35.8 Å². The predicted octanol–water partition coefficient (Wildman–Crippen LogP) is 5.07. The molecule has 38 heavy (non-hydrogen) atoms. The molecule has 0 unspecified atom stereocenters. The molecule has 7 nitrogen and oxygen atoms in total. The number of fused-ring (bicyclic) bond motifs is 1. The summed E-state index contributed by atoms with van der Waals surface area (Å²) in [7, 11) is 0. The summed E-state index contributed by atoms with van der Waals surface area (Å²) < 4.78 is 27.7. The van der Waals surface area contributed by atoms with Gasteiger partial charge in [-0.3, -0.25) is 14.4 Å². The van der Waals surface area contributed by atoms with E-state index in [1.54, 1.807) is 12.3 Å². The molecule has 4 aromatic rings. The van der Waals surface area contributed by atoms with Crippen LogP contribution in [0, 0.1) is 11.6 Å². The molecule has 2 aromatic heterocycles. The third-order valence-electron chi connectivity index (χ3n) is 6.13. The van der Waals surface area contributed by atoms with E-state index in [-0.39, 0.29) is 30.2 Å². The number of ketones is 1. The SMILES string of the molecule is O=C1Nc2cc(/C=C/CCC(=O)c3ccnn(Cc4ccc(F)c(F)c4)c3=O)ccc2/C1=C/c1ccc[nH]1. The number of carbonyl (C=O) groups is 2. The number of amides is 1. The van der Waals surface area contributed by atoms with Crippen molar-refractivity contribution in [3.05, 3.63) is 123 Å². The van der Waals surface area contributed by atoms with E-state index in [1.807, 2.05) is 42.5 Å². The quantitative estimate of drug-likeness (QED) is 0.255. The van der Waals surface area contributed by atoms with Crippen molar-refractivity contribution in [2.24, 2.45) is 0 Å². The van der Waals surface area contributed by atoms with E-state index in [1.165, 1.54) is 18.3 Å². The molecule has 0 spiro atoms. The lowest BCUT2D eigenvalue weighted by molar-refractivity contribution is -0.110. The first-order valence-corrected chi connectivity index (χ1v) is 11.9. The van der Waals surface area contributed by atoms with Gasteiger partial charge in [0.1, 0.15) is 0 Å². The summed E-state index contributed by atoms with van der Waals surface area (Å²) in [6.45, 7) is -0.0895. The zero-order chi connectivity index (χ0) is 26.6. The lowest BCUT2D eigenvalue weighted by Crippen LogP contribution is -2.28. The van der Waals surface area contributed by atoms with Crippen LogP contribution in [0.1, 0.15) is 45.6 Å². The molecule has 0 fully saturated rings. The number of aromatic nitrogens is 3. The summed E-state index contributed by atoms with van der Waals surface area (Å²) >= 11 is 0. The van der Waals surface area contributed by atoms with Crippen LogP contribution in [0.3, 0.4) is 0 Å². The Hall–Kier alpha value is -4.92. The molecule has 1 aliphatic heterocycles. The van der Waals surface area contributed by atoms with Crippen molar-refractivity contribution in [3.63, 3.8) is 0 Å². The normalized spacial score (nSPS) is 13.7. The molecule has 0 aliphatic carbocycles. The molecule has 1 aliphatic rings. The fraction of sp³-hybridized carbons (Fsp3) is 0.103. The number of hydrogen-bond donors (Lipinski definition) is 2.